The fraction of sp³-hybridized carbons (Fsp3) is 0.421. The molecule has 3 heteroatoms. The molecule has 2 rings (SSSR count). The highest BCUT2D eigenvalue weighted by Gasteiger charge is 2.07. The number of carbonyl (C=O) groups is 1. The van der Waals surface area contributed by atoms with Gasteiger partial charge in [-0.15, -0.1) is 0 Å². The Balaban J connectivity index is 2.28. The second-order valence-electron chi connectivity index (χ2n) is 5.42. The van der Waals surface area contributed by atoms with Gasteiger partial charge < -0.3 is 9.47 Å². The topological polar surface area (TPSA) is 35.5 Å². The largest absolute Gasteiger partial charge is 0.494 e. The van der Waals surface area contributed by atoms with Crippen LogP contribution in [-0.2, 0) is 0 Å². The first-order chi connectivity index (χ1) is 10.8. The number of ether oxygens (including phenoxy) is 2. The smallest absolute Gasteiger partial charge is 0.150 e. The van der Waals surface area contributed by atoms with Crippen LogP contribution in [0.5, 0.6) is 11.5 Å². The first-order valence-corrected chi connectivity index (χ1v) is 8.07. The van der Waals surface area contributed by atoms with Gasteiger partial charge in [0.25, 0.3) is 0 Å². The molecule has 0 aliphatic heterocycles. The summed E-state index contributed by atoms with van der Waals surface area (Å²) in [5.74, 6) is 1.61. The van der Waals surface area contributed by atoms with Crippen molar-refractivity contribution in [3.8, 4) is 11.5 Å². The summed E-state index contributed by atoms with van der Waals surface area (Å²) in [5.41, 5.74) is 0.629. The summed E-state index contributed by atoms with van der Waals surface area (Å²) in [4.78, 5) is 11.1. The number of fused-ring (bicyclic) bond motifs is 1. The Kier molecular flexibility index (Phi) is 6.26. The summed E-state index contributed by atoms with van der Waals surface area (Å²) in [6.07, 6.45) is 5.10. The second kappa shape index (κ2) is 8.42. The van der Waals surface area contributed by atoms with Crippen molar-refractivity contribution >= 4 is 17.1 Å². The lowest BCUT2D eigenvalue weighted by Crippen LogP contribution is -1.99. The highest BCUT2D eigenvalue weighted by molar-refractivity contribution is 5.94. The maximum atomic E-state index is 11.1. The highest BCUT2D eigenvalue weighted by Crippen LogP contribution is 2.30. The second-order valence-corrected chi connectivity index (χ2v) is 5.42. The van der Waals surface area contributed by atoms with E-state index in [0.29, 0.717) is 12.2 Å². The van der Waals surface area contributed by atoms with Crippen LogP contribution in [0.25, 0.3) is 10.8 Å². The van der Waals surface area contributed by atoms with E-state index in [2.05, 4.69) is 13.8 Å². The van der Waals surface area contributed by atoms with E-state index in [9.17, 15) is 4.79 Å². The molecular formula is C19H24O3. The van der Waals surface area contributed by atoms with Crippen molar-refractivity contribution in [2.24, 2.45) is 0 Å². The summed E-state index contributed by atoms with van der Waals surface area (Å²) in [5, 5.41) is 2.00. The maximum absolute atomic E-state index is 11.1. The summed E-state index contributed by atoms with van der Waals surface area (Å²) >= 11 is 0. The molecule has 2 aromatic rings. The van der Waals surface area contributed by atoms with Gasteiger partial charge in [0.2, 0.25) is 0 Å². The molecule has 0 fully saturated rings. The molecule has 0 N–H and O–H groups in total. The number of hydrogen-bond acceptors (Lipinski definition) is 3. The minimum absolute atomic E-state index is 0.629. The third-order valence-corrected chi connectivity index (χ3v) is 3.57. The molecule has 0 radical (unpaired) electrons. The third-order valence-electron chi connectivity index (χ3n) is 3.57. The molecule has 0 aliphatic rings. The van der Waals surface area contributed by atoms with Crippen LogP contribution in [0.3, 0.4) is 0 Å². The number of benzene rings is 2. The van der Waals surface area contributed by atoms with Gasteiger partial charge in [-0.1, -0.05) is 26.7 Å². The van der Waals surface area contributed by atoms with Crippen molar-refractivity contribution in [1.82, 2.24) is 0 Å². The van der Waals surface area contributed by atoms with Crippen LogP contribution in [-0.4, -0.2) is 19.5 Å². The zero-order valence-corrected chi connectivity index (χ0v) is 13.4. The zero-order chi connectivity index (χ0) is 15.8. The number of hydrogen-bond donors (Lipinski definition) is 0. The van der Waals surface area contributed by atoms with E-state index in [-0.39, 0.29) is 0 Å². The van der Waals surface area contributed by atoms with Crippen LogP contribution in [0.4, 0.5) is 0 Å². The van der Waals surface area contributed by atoms with E-state index < -0.39 is 0 Å². The van der Waals surface area contributed by atoms with E-state index in [1.165, 1.54) is 0 Å². The molecule has 0 saturated heterocycles. The van der Waals surface area contributed by atoms with Crippen LogP contribution in [0.2, 0.25) is 0 Å². The fourth-order valence-electron chi connectivity index (χ4n) is 2.27. The van der Waals surface area contributed by atoms with Crippen molar-refractivity contribution in [3.05, 3.63) is 35.9 Å². The first kappa shape index (κ1) is 16.3. The molecule has 0 heterocycles. The Morgan fingerprint density at radius 3 is 2.36 bits per heavy atom. The first-order valence-electron chi connectivity index (χ1n) is 8.07. The monoisotopic (exact) mass is 300 g/mol. The molecule has 2 aromatic carbocycles. The van der Waals surface area contributed by atoms with Gasteiger partial charge in [-0.05, 0) is 48.6 Å². The predicted octanol–water partition coefficient (Wildman–Crippen LogP) is 5.01. The van der Waals surface area contributed by atoms with Crippen LogP contribution >= 0.6 is 0 Å². The minimum Gasteiger partial charge on any atom is -0.494 e. The molecule has 0 saturated carbocycles. The Bertz CT molecular complexity index is 619. The molecule has 0 unspecified atom stereocenters. The van der Waals surface area contributed by atoms with Crippen LogP contribution in [0.1, 0.15) is 49.9 Å². The Labute approximate surface area is 132 Å². The lowest BCUT2D eigenvalue weighted by molar-refractivity contribution is 0.112. The van der Waals surface area contributed by atoms with E-state index in [0.717, 1.165) is 60.8 Å². The summed E-state index contributed by atoms with van der Waals surface area (Å²) in [7, 11) is 0. The molecule has 3 nitrogen and oxygen atoms in total. The molecule has 0 aliphatic carbocycles. The SMILES string of the molecule is CCCCOc1ccc2c(OCCCC)cc(C=O)cc2c1. The Morgan fingerprint density at radius 2 is 1.68 bits per heavy atom. The zero-order valence-electron chi connectivity index (χ0n) is 13.4. The third kappa shape index (κ3) is 4.23. The number of carbonyl (C=O) groups excluding carboxylic acids is 1. The van der Waals surface area contributed by atoms with Gasteiger partial charge in [0.1, 0.15) is 17.8 Å². The van der Waals surface area contributed by atoms with Gasteiger partial charge >= 0.3 is 0 Å². The number of unbranched alkanes of at least 4 members (excludes halogenated alkanes) is 2. The van der Waals surface area contributed by atoms with E-state index in [1.807, 2.05) is 30.3 Å². The van der Waals surface area contributed by atoms with Gasteiger partial charge in [-0.25, -0.2) is 0 Å². The summed E-state index contributed by atoms with van der Waals surface area (Å²) < 4.78 is 11.6. The van der Waals surface area contributed by atoms with E-state index >= 15 is 0 Å². The Morgan fingerprint density at radius 1 is 0.955 bits per heavy atom. The van der Waals surface area contributed by atoms with E-state index in [4.69, 9.17) is 9.47 Å². The minimum atomic E-state index is 0.629. The average molecular weight is 300 g/mol. The van der Waals surface area contributed by atoms with Gasteiger partial charge in [0, 0.05) is 10.9 Å². The highest BCUT2D eigenvalue weighted by atomic mass is 16.5. The Hall–Kier alpha value is -2.03. The lowest BCUT2D eigenvalue weighted by Gasteiger charge is -2.12. The number of aldehydes is 1. The predicted molar refractivity (Wildman–Crippen MR) is 90.1 cm³/mol. The average Bonchev–Trinajstić information content (AvgIpc) is 2.54. The van der Waals surface area contributed by atoms with Gasteiger partial charge in [-0.3, -0.25) is 4.79 Å². The summed E-state index contributed by atoms with van der Waals surface area (Å²) in [6, 6.07) is 9.63. The van der Waals surface area contributed by atoms with Crippen LogP contribution in [0.15, 0.2) is 30.3 Å². The molecule has 0 amide bonds. The van der Waals surface area contributed by atoms with Gasteiger partial charge in [-0.2, -0.15) is 0 Å². The quantitative estimate of drug-likeness (QED) is 0.482. The molecule has 0 spiro atoms. The van der Waals surface area contributed by atoms with Crippen molar-refractivity contribution in [3.63, 3.8) is 0 Å². The lowest BCUT2D eigenvalue weighted by atomic mass is 10.1. The molecule has 22 heavy (non-hydrogen) atoms. The van der Waals surface area contributed by atoms with Crippen molar-refractivity contribution in [1.29, 1.82) is 0 Å². The standard InChI is InChI=1S/C19H24O3/c1-3-5-9-21-17-7-8-18-16(13-17)11-15(14-20)12-19(18)22-10-6-4-2/h7-8,11-14H,3-6,9-10H2,1-2H3. The molecule has 0 atom stereocenters. The molecule has 0 bridgehead atoms. The van der Waals surface area contributed by atoms with Gasteiger partial charge in [0.15, 0.2) is 0 Å². The van der Waals surface area contributed by atoms with Gasteiger partial charge in [0.05, 0.1) is 13.2 Å². The molecule has 0 aromatic heterocycles. The molecular weight excluding hydrogens is 276 g/mol. The van der Waals surface area contributed by atoms with Crippen molar-refractivity contribution in [2.45, 2.75) is 39.5 Å². The van der Waals surface area contributed by atoms with Crippen LogP contribution in [0, 0.1) is 0 Å². The van der Waals surface area contributed by atoms with Crippen LogP contribution < -0.4 is 9.47 Å². The summed E-state index contributed by atoms with van der Waals surface area (Å²) in [6.45, 7) is 5.65. The number of rotatable bonds is 9. The van der Waals surface area contributed by atoms with Crippen molar-refractivity contribution in [2.75, 3.05) is 13.2 Å². The fourth-order valence-corrected chi connectivity index (χ4v) is 2.27. The maximum Gasteiger partial charge on any atom is 0.150 e. The van der Waals surface area contributed by atoms with E-state index in [1.54, 1.807) is 0 Å². The normalized spacial score (nSPS) is 10.6. The molecule has 118 valence electrons. The van der Waals surface area contributed by atoms with Crippen molar-refractivity contribution < 1.29 is 14.3 Å².